The fourth-order valence-corrected chi connectivity index (χ4v) is 6.12. The van der Waals surface area contributed by atoms with Crippen molar-refractivity contribution in [3.05, 3.63) is 63.0 Å². The second-order valence-electron chi connectivity index (χ2n) is 6.57. The number of aliphatic carboxylic acids is 1. The molecular formula is C20H14I2N2O4S. The summed E-state index contributed by atoms with van der Waals surface area (Å²) in [6.07, 6.45) is 1.83. The van der Waals surface area contributed by atoms with E-state index in [1.807, 2.05) is 44.2 Å². The number of carbonyl (C=O) groups is 1. The molecule has 29 heavy (non-hydrogen) atoms. The summed E-state index contributed by atoms with van der Waals surface area (Å²) in [7, 11) is 0. The number of nitrogens with zero attached hydrogens (tertiary/aromatic N) is 2. The molecule has 4 aromatic rings. The fraction of sp³-hybridized carbons (Fsp3) is 0.150. The molecule has 0 fully saturated rings. The summed E-state index contributed by atoms with van der Waals surface area (Å²) in [4.78, 5) is 29.1. The Kier molecular flexibility index (Phi) is 5.55. The number of aryl methyl sites for hydroxylation is 2. The van der Waals surface area contributed by atoms with Crippen LogP contribution in [0.5, 0.6) is 5.75 Å². The third-order valence-electron chi connectivity index (χ3n) is 4.51. The van der Waals surface area contributed by atoms with Crippen LogP contribution in [0.1, 0.15) is 16.7 Å². The van der Waals surface area contributed by atoms with Crippen LogP contribution in [0.4, 0.5) is 0 Å². The molecule has 2 aromatic heterocycles. The molecule has 0 unspecified atom stereocenters. The van der Waals surface area contributed by atoms with Crippen molar-refractivity contribution < 1.29 is 14.6 Å². The van der Waals surface area contributed by atoms with Gasteiger partial charge in [0.25, 0.3) is 5.56 Å². The summed E-state index contributed by atoms with van der Waals surface area (Å²) in [5.74, 6) is -0.492. The molecule has 0 saturated heterocycles. The highest BCUT2D eigenvalue weighted by Gasteiger charge is 2.14. The highest BCUT2D eigenvalue weighted by Crippen LogP contribution is 2.29. The monoisotopic (exact) mass is 632 g/mol. The average molecular weight is 632 g/mol. The number of hydrogen-bond donors (Lipinski definition) is 1. The van der Waals surface area contributed by atoms with Crippen LogP contribution in [0.15, 0.2) is 29.1 Å². The van der Waals surface area contributed by atoms with E-state index in [1.54, 1.807) is 4.40 Å². The lowest BCUT2D eigenvalue weighted by molar-refractivity contribution is -0.139. The zero-order valence-electron chi connectivity index (χ0n) is 15.3. The van der Waals surface area contributed by atoms with Crippen LogP contribution < -0.4 is 14.8 Å². The zero-order chi connectivity index (χ0) is 20.9. The first-order valence-electron chi connectivity index (χ1n) is 8.52. The number of ether oxygens (including phenoxy) is 1. The predicted molar refractivity (Wildman–Crippen MR) is 130 cm³/mol. The molecule has 0 spiro atoms. The first-order chi connectivity index (χ1) is 13.7. The number of halogens is 2. The van der Waals surface area contributed by atoms with E-state index in [2.05, 4.69) is 50.2 Å². The highest BCUT2D eigenvalue weighted by molar-refractivity contribution is 14.1. The molecule has 9 heteroatoms. The Labute approximate surface area is 196 Å². The van der Waals surface area contributed by atoms with Crippen molar-refractivity contribution in [1.29, 1.82) is 0 Å². The lowest BCUT2D eigenvalue weighted by Crippen LogP contribution is -2.22. The summed E-state index contributed by atoms with van der Waals surface area (Å²) >= 11 is 5.57. The Morgan fingerprint density at radius 3 is 2.52 bits per heavy atom. The third-order valence-corrected chi connectivity index (χ3v) is 7.08. The van der Waals surface area contributed by atoms with Gasteiger partial charge in [0.2, 0.25) is 0 Å². The van der Waals surface area contributed by atoms with E-state index in [0.29, 0.717) is 15.2 Å². The standard InChI is InChI=1S/C20H14I2N2O4S/c1-9-3-14-15(4-10(9)2)24-19(27)16(29-20(24)23-14)7-11-5-12(21)18(13(22)6-11)28-8-17(25)26/h3-7H,8H2,1-2H3,(H,25,26)/b16-7-. The number of imidazole rings is 1. The number of fused-ring (bicyclic) bond motifs is 3. The van der Waals surface area contributed by atoms with Gasteiger partial charge in [-0.3, -0.25) is 4.79 Å². The van der Waals surface area contributed by atoms with Gasteiger partial charge in [0, 0.05) is 0 Å². The molecule has 0 amide bonds. The van der Waals surface area contributed by atoms with Gasteiger partial charge in [-0.25, -0.2) is 14.2 Å². The quantitative estimate of drug-likeness (QED) is 0.347. The topological polar surface area (TPSA) is 80.9 Å². The molecule has 2 heterocycles. The van der Waals surface area contributed by atoms with Gasteiger partial charge in [-0.1, -0.05) is 11.3 Å². The van der Waals surface area contributed by atoms with Crippen LogP contribution in [-0.4, -0.2) is 27.1 Å². The van der Waals surface area contributed by atoms with E-state index in [4.69, 9.17) is 9.84 Å². The Balaban J connectivity index is 1.82. The van der Waals surface area contributed by atoms with Crippen molar-refractivity contribution in [1.82, 2.24) is 9.38 Å². The number of hydrogen-bond acceptors (Lipinski definition) is 5. The van der Waals surface area contributed by atoms with Crippen molar-refractivity contribution in [2.24, 2.45) is 0 Å². The lowest BCUT2D eigenvalue weighted by Gasteiger charge is -2.09. The zero-order valence-corrected chi connectivity index (χ0v) is 20.5. The van der Waals surface area contributed by atoms with Crippen molar-refractivity contribution in [3.8, 4) is 5.75 Å². The molecule has 0 aliphatic rings. The number of aromatic nitrogens is 2. The predicted octanol–water partition coefficient (Wildman–Crippen LogP) is 3.75. The van der Waals surface area contributed by atoms with E-state index in [0.717, 1.165) is 34.9 Å². The van der Waals surface area contributed by atoms with Gasteiger partial charge in [-0.15, -0.1) is 0 Å². The van der Waals surface area contributed by atoms with E-state index >= 15 is 0 Å². The van der Waals surface area contributed by atoms with Gasteiger partial charge in [-0.2, -0.15) is 0 Å². The lowest BCUT2D eigenvalue weighted by atomic mass is 10.1. The van der Waals surface area contributed by atoms with E-state index in [9.17, 15) is 9.59 Å². The molecule has 0 atom stereocenters. The van der Waals surface area contributed by atoms with Gasteiger partial charge in [0.05, 0.1) is 22.7 Å². The van der Waals surface area contributed by atoms with Gasteiger partial charge in [-0.05, 0) is 106 Å². The number of rotatable bonds is 4. The molecule has 0 saturated carbocycles. The van der Waals surface area contributed by atoms with Crippen LogP contribution in [0.3, 0.4) is 0 Å². The Morgan fingerprint density at radius 1 is 1.21 bits per heavy atom. The summed E-state index contributed by atoms with van der Waals surface area (Å²) in [5.41, 5.74) is 4.68. The molecule has 0 bridgehead atoms. The minimum absolute atomic E-state index is 0.0908. The Hall–Kier alpha value is -1.73. The summed E-state index contributed by atoms with van der Waals surface area (Å²) < 4.78 is 9.19. The number of carboxylic acid groups (broad SMARTS) is 1. The molecule has 0 radical (unpaired) electrons. The second kappa shape index (κ2) is 7.84. The summed E-state index contributed by atoms with van der Waals surface area (Å²) in [6, 6.07) is 7.75. The van der Waals surface area contributed by atoms with Crippen LogP contribution >= 0.6 is 56.5 Å². The minimum atomic E-state index is -1.03. The molecule has 0 aliphatic carbocycles. The number of benzene rings is 2. The molecule has 0 aliphatic heterocycles. The van der Waals surface area contributed by atoms with Crippen molar-refractivity contribution >= 4 is 84.6 Å². The number of carboxylic acids is 1. The van der Waals surface area contributed by atoms with E-state index in [-0.39, 0.29) is 5.56 Å². The third kappa shape index (κ3) is 3.87. The Morgan fingerprint density at radius 2 is 1.86 bits per heavy atom. The number of thiazole rings is 1. The highest BCUT2D eigenvalue weighted by atomic mass is 127. The van der Waals surface area contributed by atoms with E-state index < -0.39 is 12.6 Å². The molecule has 1 N–H and O–H groups in total. The van der Waals surface area contributed by atoms with Crippen molar-refractivity contribution in [2.45, 2.75) is 13.8 Å². The van der Waals surface area contributed by atoms with Gasteiger partial charge in [0.1, 0.15) is 5.75 Å². The fourth-order valence-electron chi connectivity index (χ4n) is 3.00. The Bertz CT molecular complexity index is 1380. The van der Waals surface area contributed by atoms with Crippen molar-refractivity contribution in [3.63, 3.8) is 0 Å². The molecular weight excluding hydrogens is 618 g/mol. The van der Waals surface area contributed by atoms with Crippen LogP contribution in [0.25, 0.3) is 22.1 Å². The maximum atomic E-state index is 13.0. The van der Waals surface area contributed by atoms with Crippen LogP contribution in [0.2, 0.25) is 0 Å². The largest absolute Gasteiger partial charge is 0.480 e. The average Bonchev–Trinajstić information content (AvgIpc) is 3.11. The van der Waals surface area contributed by atoms with Gasteiger partial charge >= 0.3 is 5.97 Å². The SMILES string of the molecule is Cc1cc2nc3s/c(=C\c4cc(I)c(OCC(=O)O)c(I)c4)c(=O)n3c2cc1C. The summed E-state index contributed by atoms with van der Waals surface area (Å²) in [5, 5.41) is 8.82. The minimum Gasteiger partial charge on any atom is -0.480 e. The molecule has 4 rings (SSSR count). The smallest absolute Gasteiger partial charge is 0.341 e. The van der Waals surface area contributed by atoms with Gasteiger partial charge in [0.15, 0.2) is 11.6 Å². The van der Waals surface area contributed by atoms with Crippen LogP contribution in [-0.2, 0) is 4.79 Å². The van der Waals surface area contributed by atoms with Crippen LogP contribution in [0, 0.1) is 21.0 Å². The first-order valence-corrected chi connectivity index (χ1v) is 11.5. The first kappa shape index (κ1) is 20.5. The molecule has 148 valence electrons. The maximum absolute atomic E-state index is 13.0. The maximum Gasteiger partial charge on any atom is 0.341 e. The second-order valence-corrected chi connectivity index (χ2v) is 9.90. The molecule has 2 aromatic carbocycles. The molecule has 6 nitrogen and oxygen atoms in total. The van der Waals surface area contributed by atoms with Crippen molar-refractivity contribution in [2.75, 3.05) is 6.61 Å². The summed E-state index contributed by atoms with van der Waals surface area (Å²) in [6.45, 7) is 3.66. The normalized spacial score (nSPS) is 12.2. The van der Waals surface area contributed by atoms with Gasteiger partial charge < -0.3 is 9.84 Å². The van der Waals surface area contributed by atoms with E-state index in [1.165, 1.54) is 11.3 Å².